The number of alkyl halides is 3. The van der Waals surface area contributed by atoms with Crippen LogP contribution in [-0.4, -0.2) is 80.5 Å². The molecule has 0 spiro atoms. The zero-order valence-corrected chi connectivity index (χ0v) is 21.1. The standard InChI is InChI=1S/C15H27F4N3O6S3Si/c1-29-7-4-13(16,20)10(23)26-32(19,27-11(24)14(17,21)5-8-30-2)28-12(25)15(18,22)6-9-31-3/h4-9,20-22H2,1-3H3. The highest BCUT2D eigenvalue weighted by Crippen LogP contribution is 2.25. The van der Waals surface area contributed by atoms with Gasteiger partial charge in [-0.05, 0) is 36.0 Å². The van der Waals surface area contributed by atoms with Crippen molar-refractivity contribution in [2.75, 3.05) is 36.0 Å². The van der Waals surface area contributed by atoms with E-state index in [0.717, 1.165) is 35.3 Å². The summed E-state index contributed by atoms with van der Waals surface area (Å²) in [6, 6.07) is 0. The predicted octanol–water partition coefficient (Wildman–Crippen LogP) is 1.15. The number of thioether (sulfide) groups is 3. The van der Waals surface area contributed by atoms with Crippen molar-refractivity contribution in [1.29, 1.82) is 0 Å². The molecular formula is C15H27F4N3O6S3Si. The lowest BCUT2D eigenvalue weighted by Crippen LogP contribution is -2.59. The topological polar surface area (TPSA) is 157 Å². The monoisotopic (exact) mass is 545 g/mol. The van der Waals surface area contributed by atoms with E-state index in [-0.39, 0.29) is 17.3 Å². The first kappa shape index (κ1) is 31.3. The second-order valence-corrected chi connectivity index (χ2v) is 11.0. The van der Waals surface area contributed by atoms with Gasteiger partial charge >= 0.3 is 27.0 Å². The molecule has 6 N–H and O–H groups in total. The van der Waals surface area contributed by atoms with Gasteiger partial charge in [0.2, 0.25) is 0 Å². The van der Waals surface area contributed by atoms with E-state index in [4.69, 9.17) is 17.2 Å². The van der Waals surface area contributed by atoms with Crippen molar-refractivity contribution in [3.05, 3.63) is 0 Å². The third-order valence-corrected chi connectivity index (χ3v) is 6.80. The number of hydrogen-bond donors (Lipinski definition) is 3. The Bertz CT molecular complexity index is 580. The Labute approximate surface area is 197 Å². The van der Waals surface area contributed by atoms with Crippen molar-refractivity contribution >= 4 is 62.3 Å². The summed E-state index contributed by atoms with van der Waals surface area (Å²) < 4.78 is 70.6. The van der Waals surface area contributed by atoms with E-state index in [9.17, 15) is 27.6 Å². The molecule has 3 atom stereocenters. The van der Waals surface area contributed by atoms with Crippen molar-refractivity contribution in [2.45, 2.75) is 36.6 Å². The van der Waals surface area contributed by atoms with Gasteiger partial charge in [-0.2, -0.15) is 39.4 Å². The van der Waals surface area contributed by atoms with Crippen LogP contribution in [-0.2, 0) is 27.7 Å². The van der Waals surface area contributed by atoms with Crippen LogP contribution in [0.4, 0.5) is 17.3 Å². The van der Waals surface area contributed by atoms with Crippen LogP contribution in [0.5, 0.6) is 0 Å². The van der Waals surface area contributed by atoms with Gasteiger partial charge in [-0.3, -0.25) is 17.2 Å². The lowest BCUT2D eigenvalue weighted by atomic mass is 10.2. The molecule has 0 amide bonds. The zero-order valence-electron chi connectivity index (χ0n) is 17.7. The molecule has 17 heteroatoms. The molecule has 0 bridgehead atoms. The molecule has 0 fully saturated rings. The molecule has 0 saturated heterocycles. The van der Waals surface area contributed by atoms with Crippen molar-refractivity contribution in [3.8, 4) is 0 Å². The summed E-state index contributed by atoms with van der Waals surface area (Å²) in [7, 11) is -6.41. The summed E-state index contributed by atoms with van der Waals surface area (Å²) in [5.41, 5.74) is 15.4. The fraction of sp³-hybridized carbons (Fsp3) is 0.800. The van der Waals surface area contributed by atoms with E-state index in [1.165, 1.54) is 0 Å². The summed E-state index contributed by atoms with van der Waals surface area (Å²) in [4.78, 5) is 36.0. The molecule has 0 heterocycles. The average molecular weight is 546 g/mol. The van der Waals surface area contributed by atoms with Crippen LogP contribution in [0.25, 0.3) is 0 Å². The maximum atomic E-state index is 15.2. The first-order valence-corrected chi connectivity index (χ1v) is 14.6. The highest BCUT2D eigenvalue weighted by Gasteiger charge is 2.64. The molecule has 32 heavy (non-hydrogen) atoms. The summed E-state index contributed by atoms with van der Waals surface area (Å²) in [6.45, 7) is 0. The van der Waals surface area contributed by atoms with E-state index in [1.807, 2.05) is 0 Å². The van der Waals surface area contributed by atoms with Crippen molar-refractivity contribution in [2.24, 2.45) is 17.2 Å². The lowest BCUT2D eigenvalue weighted by molar-refractivity contribution is -0.170. The Kier molecular flexibility index (Phi) is 12.9. The van der Waals surface area contributed by atoms with E-state index in [0.29, 0.717) is 0 Å². The van der Waals surface area contributed by atoms with Crippen LogP contribution in [0.2, 0.25) is 0 Å². The number of rotatable bonds is 15. The summed E-state index contributed by atoms with van der Waals surface area (Å²) in [6.07, 6.45) is 2.71. The molecule has 0 aliphatic carbocycles. The Morgan fingerprint density at radius 3 is 1.09 bits per heavy atom. The van der Waals surface area contributed by atoms with Crippen LogP contribution in [0.15, 0.2) is 0 Å². The number of carbonyl (C=O) groups is 3. The highest BCUT2D eigenvalue weighted by molar-refractivity contribution is 7.98. The maximum Gasteiger partial charge on any atom is 0.942 e. The minimum atomic E-state index is -6.41. The fourth-order valence-electron chi connectivity index (χ4n) is 1.71. The number of carbonyl (C=O) groups excluding carboxylic acids is 3. The molecule has 0 aromatic carbocycles. The molecule has 3 unspecified atom stereocenters. The van der Waals surface area contributed by atoms with Gasteiger partial charge in [0.1, 0.15) is 0 Å². The van der Waals surface area contributed by atoms with Gasteiger partial charge in [0.25, 0.3) is 17.4 Å². The van der Waals surface area contributed by atoms with Crippen LogP contribution in [0, 0.1) is 0 Å². The quantitative estimate of drug-likeness (QED) is 0.117. The number of nitrogens with two attached hydrogens (primary N) is 3. The predicted molar refractivity (Wildman–Crippen MR) is 118 cm³/mol. The molecule has 0 saturated carbocycles. The first-order chi connectivity index (χ1) is 14.6. The smallest absolute Gasteiger partial charge is 0.426 e. The Morgan fingerprint density at radius 1 is 0.688 bits per heavy atom. The minimum Gasteiger partial charge on any atom is -0.426 e. The molecular weight excluding hydrogens is 518 g/mol. The lowest BCUT2D eigenvalue weighted by Gasteiger charge is -2.27. The molecule has 0 aliphatic heterocycles. The Hall–Kier alpha value is -0.723. The van der Waals surface area contributed by atoms with E-state index < -0.39 is 63.7 Å². The van der Waals surface area contributed by atoms with Gasteiger partial charge in [0.15, 0.2) is 0 Å². The van der Waals surface area contributed by atoms with Crippen LogP contribution in [0.3, 0.4) is 0 Å². The third-order valence-electron chi connectivity index (χ3n) is 3.67. The molecule has 0 rings (SSSR count). The second kappa shape index (κ2) is 13.2. The third kappa shape index (κ3) is 10.5. The Balaban J connectivity index is 5.78. The summed E-state index contributed by atoms with van der Waals surface area (Å²) in [5.74, 6) is -16.2. The Morgan fingerprint density at radius 2 is 0.906 bits per heavy atom. The second-order valence-electron chi connectivity index (χ2n) is 6.47. The molecule has 188 valence electrons. The van der Waals surface area contributed by atoms with Gasteiger partial charge < -0.3 is 13.3 Å². The SMILES string of the molecule is CSCCC(N)(F)C(=O)O[Si](F)(OC(=O)C(N)(F)CCSC)OC(=O)C(N)(F)CCSC. The average Bonchev–Trinajstić information content (AvgIpc) is 2.68. The number of hydrogen-bond acceptors (Lipinski definition) is 12. The van der Waals surface area contributed by atoms with Gasteiger partial charge in [-0.1, -0.05) is 0 Å². The van der Waals surface area contributed by atoms with E-state index in [2.05, 4.69) is 13.3 Å². The minimum absolute atomic E-state index is 0.00132. The molecule has 0 aliphatic rings. The first-order valence-electron chi connectivity index (χ1n) is 8.86. The van der Waals surface area contributed by atoms with Crippen LogP contribution >= 0.6 is 35.3 Å². The van der Waals surface area contributed by atoms with E-state index >= 15 is 4.11 Å². The van der Waals surface area contributed by atoms with Crippen LogP contribution < -0.4 is 17.2 Å². The maximum absolute atomic E-state index is 15.2. The van der Waals surface area contributed by atoms with Crippen molar-refractivity contribution in [3.63, 3.8) is 0 Å². The highest BCUT2D eigenvalue weighted by atomic mass is 32.2. The van der Waals surface area contributed by atoms with Crippen molar-refractivity contribution < 1.29 is 44.9 Å². The van der Waals surface area contributed by atoms with Crippen LogP contribution in [0.1, 0.15) is 19.3 Å². The fourth-order valence-corrected chi connectivity index (χ4v) is 4.51. The molecule has 0 aromatic rings. The van der Waals surface area contributed by atoms with Crippen molar-refractivity contribution in [1.82, 2.24) is 0 Å². The summed E-state index contributed by atoms with van der Waals surface area (Å²) in [5, 5.41) is 0. The summed E-state index contributed by atoms with van der Waals surface area (Å²) >= 11 is 3.27. The van der Waals surface area contributed by atoms with Gasteiger partial charge in [0.05, 0.1) is 0 Å². The van der Waals surface area contributed by atoms with Gasteiger partial charge in [0, 0.05) is 19.3 Å². The largest absolute Gasteiger partial charge is 0.942 e. The molecule has 0 radical (unpaired) electrons. The van der Waals surface area contributed by atoms with Gasteiger partial charge in [-0.15, -0.1) is 0 Å². The van der Waals surface area contributed by atoms with E-state index in [1.54, 1.807) is 18.8 Å². The number of halogens is 4. The zero-order chi connectivity index (χ0) is 25.2. The molecule has 0 aromatic heterocycles. The normalized spacial score (nSPS) is 18.9. The molecule has 9 nitrogen and oxygen atoms in total. The van der Waals surface area contributed by atoms with Gasteiger partial charge in [-0.25, -0.2) is 27.6 Å².